The monoisotopic (exact) mass is 280 g/mol. The van der Waals surface area contributed by atoms with Crippen molar-refractivity contribution >= 4 is 15.9 Å². The van der Waals surface area contributed by atoms with Gasteiger partial charge in [0.2, 0.25) is 0 Å². The third-order valence-corrected chi connectivity index (χ3v) is 3.77. The van der Waals surface area contributed by atoms with Gasteiger partial charge in [0.1, 0.15) is 4.60 Å². The molecule has 0 aliphatic heterocycles. The van der Waals surface area contributed by atoms with Crippen LogP contribution in [0, 0.1) is 18.4 Å². The summed E-state index contributed by atoms with van der Waals surface area (Å²) in [6.45, 7) is 16.0. The van der Waals surface area contributed by atoms with E-state index in [1.165, 1.54) is 0 Å². The molecular weight excluding hydrogens is 264 g/mol. The van der Waals surface area contributed by atoms with E-state index in [0.29, 0.717) is 0 Å². The largest absolute Gasteiger partial charge is 0.305 e. The highest BCUT2D eigenvalue weighted by Gasteiger charge is 2.47. The van der Waals surface area contributed by atoms with Crippen molar-refractivity contribution < 1.29 is 0 Å². The molecule has 3 heteroatoms. The number of pyridine rings is 1. The van der Waals surface area contributed by atoms with Gasteiger partial charge in [-0.05, 0) is 28.1 Å². The van der Waals surface area contributed by atoms with Crippen molar-refractivity contribution in [2.24, 2.45) is 11.8 Å². The van der Waals surface area contributed by atoms with Crippen molar-refractivity contribution in [3.8, 4) is 0 Å². The van der Waals surface area contributed by atoms with Gasteiger partial charge >= 0.3 is 0 Å². The van der Waals surface area contributed by atoms with E-state index < -0.39 is 5.54 Å². The van der Waals surface area contributed by atoms with E-state index in [-0.39, 0.29) is 11.8 Å². The van der Waals surface area contributed by atoms with E-state index >= 15 is 0 Å². The molecule has 1 rings (SSSR count). The van der Waals surface area contributed by atoms with Crippen LogP contribution in [-0.2, 0) is 5.54 Å². The lowest BCUT2D eigenvalue weighted by molar-refractivity contribution is 0.279. The third-order valence-electron chi connectivity index (χ3n) is 3.14. The Balaban J connectivity index is 3.45. The second kappa shape index (κ2) is 4.97. The van der Waals surface area contributed by atoms with Crippen LogP contribution in [0.2, 0.25) is 0 Å². The fourth-order valence-electron chi connectivity index (χ4n) is 2.29. The summed E-state index contributed by atoms with van der Waals surface area (Å²) in [4.78, 5) is 8.16. The lowest BCUT2D eigenvalue weighted by Crippen LogP contribution is -2.35. The Bertz CT molecular complexity index is 397. The zero-order valence-corrected chi connectivity index (χ0v) is 11.7. The molecule has 0 amide bonds. The van der Waals surface area contributed by atoms with Crippen molar-refractivity contribution in [3.05, 3.63) is 39.9 Å². The molecule has 0 unspecified atom stereocenters. The van der Waals surface area contributed by atoms with Crippen molar-refractivity contribution in [1.82, 2.24) is 4.98 Å². The van der Waals surface area contributed by atoms with Gasteiger partial charge in [0.05, 0.1) is 5.56 Å². The highest BCUT2D eigenvalue weighted by molar-refractivity contribution is 9.10. The van der Waals surface area contributed by atoms with Gasteiger partial charge in [-0.25, -0.2) is 11.6 Å². The second-order valence-corrected chi connectivity index (χ2v) is 5.34. The van der Waals surface area contributed by atoms with E-state index in [4.69, 9.17) is 6.57 Å². The van der Waals surface area contributed by atoms with Crippen molar-refractivity contribution in [1.29, 1.82) is 0 Å². The molecule has 1 aromatic rings. The summed E-state index contributed by atoms with van der Waals surface area (Å²) < 4.78 is 0.786. The predicted molar refractivity (Wildman–Crippen MR) is 69.9 cm³/mol. The molecule has 0 atom stereocenters. The highest BCUT2D eigenvalue weighted by Crippen LogP contribution is 2.43. The fraction of sp³-hybridized carbons (Fsp3) is 0.538. The molecule has 0 spiro atoms. The van der Waals surface area contributed by atoms with Gasteiger partial charge in [0.15, 0.2) is 0 Å². The minimum Gasteiger partial charge on any atom is -0.305 e. The zero-order chi connectivity index (χ0) is 12.3. The van der Waals surface area contributed by atoms with Crippen LogP contribution in [0.1, 0.15) is 33.3 Å². The van der Waals surface area contributed by atoms with Crippen LogP contribution < -0.4 is 0 Å². The molecule has 0 bridgehead atoms. The average Bonchev–Trinajstić information content (AvgIpc) is 2.21. The molecule has 0 fully saturated rings. The van der Waals surface area contributed by atoms with Gasteiger partial charge in [-0.2, -0.15) is 0 Å². The molecular formula is C13H17BrN2. The Morgan fingerprint density at radius 1 is 1.31 bits per heavy atom. The van der Waals surface area contributed by atoms with Crippen LogP contribution in [0.15, 0.2) is 22.9 Å². The molecule has 1 aromatic heterocycles. The molecule has 0 saturated carbocycles. The van der Waals surface area contributed by atoms with E-state index in [9.17, 15) is 0 Å². The quantitative estimate of drug-likeness (QED) is 0.597. The first-order valence-electron chi connectivity index (χ1n) is 5.46. The molecule has 0 radical (unpaired) electrons. The summed E-state index contributed by atoms with van der Waals surface area (Å²) >= 11 is 3.46. The Morgan fingerprint density at radius 2 is 1.88 bits per heavy atom. The van der Waals surface area contributed by atoms with Crippen LogP contribution in [0.25, 0.3) is 4.85 Å². The number of halogens is 1. The van der Waals surface area contributed by atoms with Crippen LogP contribution in [0.3, 0.4) is 0 Å². The van der Waals surface area contributed by atoms with E-state index in [1.54, 1.807) is 6.20 Å². The van der Waals surface area contributed by atoms with E-state index in [0.717, 1.165) is 10.2 Å². The zero-order valence-electron chi connectivity index (χ0n) is 10.2. The lowest BCUT2D eigenvalue weighted by atomic mass is 9.73. The molecule has 0 aromatic carbocycles. The van der Waals surface area contributed by atoms with Crippen molar-refractivity contribution in [2.45, 2.75) is 33.2 Å². The molecule has 2 nitrogen and oxygen atoms in total. The minimum absolute atomic E-state index is 0.255. The number of hydrogen-bond donors (Lipinski definition) is 0. The summed E-state index contributed by atoms with van der Waals surface area (Å²) in [5.74, 6) is 0.510. The maximum atomic E-state index is 7.58. The molecule has 0 N–H and O–H groups in total. The summed E-state index contributed by atoms with van der Waals surface area (Å²) in [6, 6.07) is 3.89. The van der Waals surface area contributed by atoms with E-state index in [2.05, 4.69) is 53.5 Å². The molecule has 86 valence electrons. The summed E-state index contributed by atoms with van der Waals surface area (Å²) in [6.07, 6.45) is 1.74. The number of nitrogens with zero attached hydrogens (tertiary/aromatic N) is 2. The van der Waals surface area contributed by atoms with Crippen LogP contribution in [0.4, 0.5) is 0 Å². The topological polar surface area (TPSA) is 17.2 Å². The van der Waals surface area contributed by atoms with Gasteiger partial charge in [0, 0.05) is 18.0 Å². The number of aromatic nitrogens is 1. The van der Waals surface area contributed by atoms with Crippen LogP contribution in [-0.4, -0.2) is 4.98 Å². The predicted octanol–water partition coefficient (Wildman–Crippen LogP) is 4.27. The number of hydrogen-bond acceptors (Lipinski definition) is 1. The lowest BCUT2D eigenvalue weighted by Gasteiger charge is -2.30. The van der Waals surface area contributed by atoms with Crippen molar-refractivity contribution in [3.63, 3.8) is 0 Å². The summed E-state index contributed by atoms with van der Waals surface area (Å²) in [5.41, 5.74) is 0.502. The molecule has 0 aliphatic carbocycles. The Labute approximate surface area is 106 Å². The summed E-state index contributed by atoms with van der Waals surface area (Å²) in [7, 11) is 0. The third kappa shape index (κ3) is 1.99. The van der Waals surface area contributed by atoms with Gasteiger partial charge in [-0.3, -0.25) is 0 Å². The maximum Gasteiger partial charge on any atom is 0.264 e. The molecule has 0 saturated heterocycles. The first kappa shape index (κ1) is 13.2. The Hall–Kier alpha value is -0.880. The van der Waals surface area contributed by atoms with Gasteiger partial charge in [-0.1, -0.05) is 27.7 Å². The molecule has 1 heterocycles. The molecule has 0 aliphatic rings. The van der Waals surface area contributed by atoms with Gasteiger partial charge in [-0.15, -0.1) is 0 Å². The van der Waals surface area contributed by atoms with Gasteiger partial charge < -0.3 is 4.85 Å². The SMILES string of the molecule is [C-]#[N+]C(c1cccnc1Br)(C(C)C)C(C)C. The second-order valence-electron chi connectivity index (χ2n) is 4.59. The normalized spacial score (nSPS) is 11.9. The number of rotatable bonds is 3. The van der Waals surface area contributed by atoms with Gasteiger partial charge in [0.25, 0.3) is 5.54 Å². The maximum absolute atomic E-state index is 7.58. The van der Waals surface area contributed by atoms with E-state index in [1.807, 2.05) is 12.1 Å². The standard InChI is InChI=1S/C13H17BrN2/c1-9(2)13(15-5,10(3)4)11-7-6-8-16-12(11)14/h6-10H,1-4H3. The first-order chi connectivity index (χ1) is 7.46. The van der Waals surface area contributed by atoms with Crippen LogP contribution >= 0.6 is 15.9 Å². The fourth-order valence-corrected chi connectivity index (χ4v) is 2.86. The minimum atomic E-state index is -0.493. The average molecular weight is 281 g/mol. The smallest absolute Gasteiger partial charge is 0.264 e. The Kier molecular flexibility index (Phi) is 4.09. The first-order valence-corrected chi connectivity index (χ1v) is 6.25. The Morgan fingerprint density at radius 3 is 2.25 bits per heavy atom. The van der Waals surface area contributed by atoms with Crippen LogP contribution in [0.5, 0.6) is 0 Å². The van der Waals surface area contributed by atoms with Crippen molar-refractivity contribution in [2.75, 3.05) is 0 Å². The molecule has 16 heavy (non-hydrogen) atoms. The highest BCUT2D eigenvalue weighted by atomic mass is 79.9. The summed E-state index contributed by atoms with van der Waals surface area (Å²) in [5, 5.41) is 0.